The maximum Gasteiger partial charge on any atom is 0.313 e. The highest BCUT2D eigenvalue weighted by Gasteiger charge is 2.51. The second kappa shape index (κ2) is 6.07. The van der Waals surface area contributed by atoms with Crippen LogP contribution in [0.4, 0.5) is 0 Å². The Bertz CT molecular complexity index is 369. The maximum atomic E-state index is 11.4. The van der Waals surface area contributed by atoms with Crippen LogP contribution < -0.4 is 5.32 Å². The molecule has 0 heterocycles. The van der Waals surface area contributed by atoms with Gasteiger partial charge >= 0.3 is 5.97 Å². The molecule has 0 aromatic heterocycles. The van der Waals surface area contributed by atoms with Crippen molar-refractivity contribution >= 4 is 35.1 Å². The monoisotopic (exact) mass is 277 g/mol. The van der Waals surface area contributed by atoms with Gasteiger partial charge in [0.05, 0.1) is 12.5 Å². The molecule has 1 amide bonds. The van der Waals surface area contributed by atoms with Crippen molar-refractivity contribution in [1.29, 1.82) is 0 Å². The summed E-state index contributed by atoms with van der Waals surface area (Å²) < 4.78 is 4.74. The molecule has 0 radical (unpaired) electrons. The number of hydrogen-bond donors (Lipinski definition) is 1. The summed E-state index contributed by atoms with van der Waals surface area (Å²) in [5.41, 5.74) is -0.516. The van der Waals surface area contributed by atoms with E-state index in [1.807, 2.05) is 0 Å². The Morgan fingerprint density at radius 3 is 2.53 bits per heavy atom. The van der Waals surface area contributed by atoms with E-state index in [2.05, 4.69) is 10.1 Å². The summed E-state index contributed by atoms with van der Waals surface area (Å²) in [6, 6.07) is 0. The zero-order chi connectivity index (χ0) is 12.9. The molecule has 94 valence electrons. The number of carbonyl (C=O) groups excluding carboxylic acids is 2. The topological polar surface area (TPSA) is 55.4 Å². The Morgan fingerprint density at radius 2 is 2.06 bits per heavy atom. The maximum absolute atomic E-state index is 11.4. The number of allylic oxidation sites excluding steroid dienone is 2. The molecular formula is C11H13Cl2NO3. The Balaban J connectivity index is 2.37. The van der Waals surface area contributed by atoms with Crippen molar-refractivity contribution in [1.82, 2.24) is 5.32 Å². The summed E-state index contributed by atoms with van der Waals surface area (Å²) in [7, 11) is 1.34. The third-order valence-corrected chi connectivity index (χ3v) is 2.79. The van der Waals surface area contributed by atoms with E-state index in [0.29, 0.717) is 6.54 Å². The van der Waals surface area contributed by atoms with E-state index in [-0.39, 0.29) is 16.4 Å². The van der Waals surface area contributed by atoms with Crippen LogP contribution in [0.2, 0.25) is 0 Å². The van der Waals surface area contributed by atoms with Crippen molar-refractivity contribution < 1.29 is 14.3 Å². The SMILES string of the molecule is COC(=O)C1(CNC(=O)C=CC=C(Cl)Cl)CC1. The average Bonchev–Trinajstić information content (AvgIpc) is 3.06. The van der Waals surface area contributed by atoms with E-state index < -0.39 is 5.41 Å². The number of halogens is 2. The zero-order valence-electron chi connectivity index (χ0n) is 9.33. The quantitative estimate of drug-likeness (QED) is 0.475. The molecule has 0 aliphatic heterocycles. The van der Waals surface area contributed by atoms with E-state index in [4.69, 9.17) is 23.2 Å². The first kappa shape index (κ1) is 14.1. The van der Waals surface area contributed by atoms with Gasteiger partial charge in [-0.2, -0.15) is 0 Å². The molecule has 1 aliphatic rings. The van der Waals surface area contributed by atoms with Gasteiger partial charge in [0.1, 0.15) is 4.49 Å². The van der Waals surface area contributed by atoms with E-state index in [9.17, 15) is 9.59 Å². The van der Waals surface area contributed by atoms with Gasteiger partial charge in [0.15, 0.2) is 0 Å². The normalized spacial score (nSPS) is 16.4. The van der Waals surface area contributed by atoms with Crippen LogP contribution in [-0.4, -0.2) is 25.5 Å². The number of ether oxygens (including phenoxy) is 1. The fourth-order valence-electron chi connectivity index (χ4n) is 1.34. The molecule has 6 heteroatoms. The highest BCUT2D eigenvalue weighted by molar-refractivity contribution is 6.56. The summed E-state index contributed by atoms with van der Waals surface area (Å²) in [4.78, 5) is 22.7. The molecule has 0 bridgehead atoms. The van der Waals surface area contributed by atoms with Crippen molar-refractivity contribution in [2.45, 2.75) is 12.8 Å². The van der Waals surface area contributed by atoms with E-state index in [1.165, 1.54) is 25.3 Å². The molecule has 0 aromatic rings. The molecule has 0 aromatic carbocycles. The molecule has 0 atom stereocenters. The predicted octanol–water partition coefficient (Wildman–Crippen LogP) is 1.93. The first-order chi connectivity index (χ1) is 8.00. The molecular weight excluding hydrogens is 265 g/mol. The lowest BCUT2D eigenvalue weighted by Gasteiger charge is -2.12. The second-order valence-electron chi connectivity index (χ2n) is 3.81. The number of hydrogen-bond acceptors (Lipinski definition) is 3. The molecule has 0 saturated heterocycles. The number of methoxy groups -OCH3 is 1. The van der Waals surface area contributed by atoms with Crippen molar-refractivity contribution in [2.75, 3.05) is 13.7 Å². The number of esters is 1. The van der Waals surface area contributed by atoms with Gasteiger partial charge in [0, 0.05) is 12.6 Å². The molecule has 1 fully saturated rings. The van der Waals surface area contributed by atoms with Crippen LogP contribution in [-0.2, 0) is 14.3 Å². The van der Waals surface area contributed by atoms with E-state index >= 15 is 0 Å². The minimum atomic E-state index is -0.516. The largest absolute Gasteiger partial charge is 0.469 e. The van der Waals surface area contributed by atoms with Crippen LogP contribution in [0.25, 0.3) is 0 Å². The molecule has 1 aliphatic carbocycles. The number of nitrogens with one attached hydrogen (secondary N) is 1. The first-order valence-corrected chi connectivity index (χ1v) is 5.81. The molecule has 1 rings (SSSR count). The lowest BCUT2D eigenvalue weighted by atomic mass is 10.1. The van der Waals surface area contributed by atoms with E-state index in [1.54, 1.807) is 0 Å². The third-order valence-electron chi connectivity index (χ3n) is 2.54. The van der Waals surface area contributed by atoms with Gasteiger partial charge in [-0.15, -0.1) is 0 Å². The Labute approximate surface area is 110 Å². The van der Waals surface area contributed by atoms with Crippen LogP contribution in [0.3, 0.4) is 0 Å². The fraction of sp³-hybridized carbons (Fsp3) is 0.455. The zero-order valence-corrected chi connectivity index (χ0v) is 10.8. The summed E-state index contributed by atoms with van der Waals surface area (Å²) in [6.07, 6.45) is 5.60. The molecule has 1 saturated carbocycles. The summed E-state index contributed by atoms with van der Waals surface area (Å²) in [6.45, 7) is 0.293. The van der Waals surface area contributed by atoms with Crippen LogP contribution in [0, 0.1) is 5.41 Å². The van der Waals surface area contributed by atoms with Crippen molar-refractivity contribution in [2.24, 2.45) is 5.41 Å². The summed E-state index contributed by atoms with van der Waals surface area (Å²) >= 11 is 10.7. The standard InChI is InChI=1S/C11H13Cl2NO3/c1-17-10(16)11(5-6-11)7-14-9(15)4-2-3-8(12)13/h2-4H,5-7H2,1H3,(H,14,15). The Hall–Kier alpha value is -1.000. The van der Waals surface area contributed by atoms with Gasteiger partial charge in [0.25, 0.3) is 0 Å². The van der Waals surface area contributed by atoms with Crippen LogP contribution in [0.15, 0.2) is 22.7 Å². The van der Waals surface area contributed by atoms with Gasteiger partial charge in [-0.05, 0) is 18.9 Å². The minimum Gasteiger partial charge on any atom is -0.469 e. The highest BCUT2D eigenvalue weighted by Crippen LogP contribution is 2.45. The van der Waals surface area contributed by atoms with Gasteiger partial charge in [-0.25, -0.2) is 0 Å². The molecule has 0 spiro atoms. The van der Waals surface area contributed by atoms with Gasteiger partial charge < -0.3 is 10.1 Å². The van der Waals surface area contributed by atoms with Gasteiger partial charge in [-0.1, -0.05) is 29.3 Å². The van der Waals surface area contributed by atoms with Crippen molar-refractivity contribution in [3.63, 3.8) is 0 Å². The second-order valence-corrected chi connectivity index (χ2v) is 4.81. The predicted molar refractivity (Wildman–Crippen MR) is 65.6 cm³/mol. The lowest BCUT2D eigenvalue weighted by molar-refractivity contribution is -0.146. The number of carbonyl (C=O) groups is 2. The smallest absolute Gasteiger partial charge is 0.313 e. The highest BCUT2D eigenvalue weighted by atomic mass is 35.5. The van der Waals surface area contributed by atoms with Crippen LogP contribution in [0.1, 0.15) is 12.8 Å². The third kappa shape index (κ3) is 4.40. The Morgan fingerprint density at radius 1 is 1.41 bits per heavy atom. The summed E-state index contributed by atoms with van der Waals surface area (Å²) in [5.74, 6) is -0.573. The average molecular weight is 278 g/mol. The Kier molecular flexibility index (Phi) is 5.02. The van der Waals surface area contributed by atoms with Gasteiger partial charge in [-0.3, -0.25) is 9.59 Å². The fourth-order valence-corrected chi connectivity index (χ4v) is 1.49. The van der Waals surface area contributed by atoms with Crippen LogP contribution >= 0.6 is 23.2 Å². The number of rotatable bonds is 5. The molecule has 17 heavy (non-hydrogen) atoms. The number of amides is 1. The van der Waals surface area contributed by atoms with Gasteiger partial charge in [0.2, 0.25) is 5.91 Å². The van der Waals surface area contributed by atoms with E-state index in [0.717, 1.165) is 12.8 Å². The van der Waals surface area contributed by atoms with Crippen molar-refractivity contribution in [3.8, 4) is 0 Å². The summed E-state index contributed by atoms with van der Waals surface area (Å²) in [5, 5.41) is 2.63. The molecule has 4 nitrogen and oxygen atoms in total. The lowest BCUT2D eigenvalue weighted by Crippen LogP contribution is -2.33. The molecule has 0 unspecified atom stereocenters. The minimum absolute atomic E-state index is 0.0715. The van der Waals surface area contributed by atoms with Crippen molar-refractivity contribution in [3.05, 3.63) is 22.7 Å². The van der Waals surface area contributed by atoms with Crippen LogP contribution in [0.5, 0.6) is 0 Å². The first-order valence-electron chi connectivity index (χ1n) is 5.06. The molecule has 1 N–H and O–H groups in total.